The predicted molar refractivity (Wildman–Crippen MR) is 71.3 cm³/mol. The van der Waals surface area contributed by atoms with Gasteiger partial charge in [-0.15, -0.1) is 0 Å². The lowest BCUT2D eigenvalue weighted by molar-refractivity contribution is 0.421. The molecule has 0 bridgehead atoms. The molecule has 0 aliphatic carbocycles. The maximum Gasteiger partial charge on any atom is 0.161 e. The van der Waals surface area contributed by atoms with Gasteiger partial charge >= 0.3 is 0 Å². The van der Waals surface area contributed by atoms with Gasteiger partial charge in [0.1, 0.15) is 5.82 Å². The van der Waals surface area contributed by atoms with Crippen LogP contribution in [0, 0.1) is 23.4 Å². The summed E-state index contributed by atoms with van der Waals surface area (Å²) in [7, 11) is 0. The normalized spacial score (nSPS) is 13.1. The second-order valence-electron chi connectivity index (χ2n) is 4.53. The van der Waals surface area contributed by atoms with Crippen molar-refractivity contribution >= 4 is 15.9 Å². The molecule has 0 aliphatic heterocycles. The van der Waals surface area contributed by atoms with E-state index in [4.69, 9.17) is 0 Å². The minimum Gasteiger partial charge on any atom is -0.207 e. The third-order valence-corrected chi connectivity index (χ3v) is 4.31. The highest BCUT2D eigenvalue weighted by molar-refractivity contribution is 9.09. The van der Waals surface area contributed by atoms with E-state index in [1.807, 2.05) is 0 Å². The minimum absolute atomic E-state index is 0.209. The predicted octanol–water partition coefficient (Wildman–Crippen LogP) is 5.76. The van der Waals surface area contributed by atoms with Crippen LogP contribution in [0.2, 0.25) is 0 Å². The highest BCUT2D eigenvalue weighted by Crippen LogP contribution is 2.38. The van der Waals surface area contributed by atoms with Gasteiger partial charge in [-0.05, 0) is 24.8 Å². The summed E-state index contributed by atoms with van der Waals surface area (Å²) < 4.78 is 39.8. The average Bonchev–Trinajstić information content (AvgIpc) is 2.33. The maximum atomic E-state index is 13.7. The molecule has 0 amide bonds. The first-order valence-electron chi connectivity index (χ1n) is 6.29. The minimum atomic E-state index is -1.14. The molecule has 1 aromatic rings. The van der Waals surface area contributed by atoms with Crippen LogP contribution in [0.25, 0.3) is 0 Å². The molecule has 1 unspecified atom stereocenters. The summed E-state index contributed by atoms with van der Waals surface area (Å²) in [6, 6.07) is 1.58. The third kappa shape index (κ3) is 3.74. The number of rotatable bonds is 6. The van der Waals surface area contributed by atoms with E-state index < -0.39 is 17.5 Å². The fraction of sp³-hybridized carbons (Fsp3) is 0.571. The number of hydrogen-bond donors (Lipinski definition) is 0. The Labute approximate surface area is 115 Å². The average molecular weight is 323 g/mol. The Bertz CT molecular complexity index is 387. The van der Waals surface area contributed by atoms with Crippen molar-refractivity contribution in [2.24, 2.45) is 5.92 Å². The summed E-state index contributed by atoms with van der Waals surface area (Å²) in [5, 5.41) is 0. The highest BCUT2D eigenvalue weighted by Gasteiger charge is 2.23. The molecule has 1 rings (SSSR count). The Balaban J connectivity index is 3.00. The largest absolute Gasteiger partial charge is 0.207 e. The van der Waals surface area contributed by atoms with Gasteiger partial charge in [-0.2, -0.15) is 0 Å². The van der Waals surface area contributed by atoms with Crippen LogP contribution in [-0.2, 0) is 0 Å². The van der Waals surface area contributed by atoms with E-state index in [2.05, 4.69) is 29.8 Å². The quantitative estimate of drug-likeness (QED) is 0.461. The summed E-state index contributed by atoms with van der Waals surface area (Å²) in [5.74, 6) is -2.59. The molecule has 0 spiro atoms. The Kier molecular flexibility index (Phi) is 6.19. The van der Waals surface area contributed by atoms with Crippen molar-refractivity contribution in [3.8, 4) is 0 Å². The summed E-state index contributed by atoms with van der Waals surface area (Å²) in [6.07, 6.45) is 3.83. The molecule has 0 aliphatic rings. The van der Waals surface area contributed by atoms with Crippen LogP contribution in [0.3, 0.4) is 0 Å². The van der Waals surface area contributed by atoms with Gasteiger partial charge in [-0.1, -0.05) is 42.6 Å². The zero-order chi connectivity index (χ0) is 13.7. The molecule has 4 heteroatoms. The Morgan fingerprint density at radius 1 is 0.944 bits per heavy atom. The van der Waals surface area contributed by atoms with E-state index in [-0.39, 0.29) is 16.3 Å². The van der Waals surface area contributed by atoms with Crippen LogP contribution in [0.15, 0.2) is 12.1 Å². The second kappa shape index (κ2) is 7.17. The van der Waals surface area contributed by atoms with Crippen molar-refractivity contribution in [2.45, 2.75) is 44.4 Å². The van der Waals surface area contributed by atoms with E-state index >= 15 is 0 Å². The fourth-order valence-electron chi connectivity index (χ4n) is 2.18. The van der Waals surface area contributed by atoms with Crippen molar-refractivity contribution in [2.75, 3.05) is 0 Å². The molecule has 18 heavy (non-hydrogen) atoms. The smallest absolute Gasteiger partial charge is 0.161 e. The van der Waals surface area contributed by atoms with Crippen LogP contribution in [0.4, 0.5) is 13.2 Å². The molecule has 0 radical (unpaired) electrons. The number of benzene rings is 1. The van der Waals surface area contributed by atoms with Crippen molar-refractivity contribution in [3.05, 3.63) is 35.1 Å². The zero-order valence-electron chi connectivity index (χ0n) is 10.6. The SMILES string of the molecule is CCCC(CCC)C(Br)c1cc(F)c(F)cc1F. The number of halogens is 4. The summed E-state index contributed by atoms with van der Waals surface area (Å²) in [5.41, 5.74) is 0.209. The van der Waals surface area contributed by atoms with Crippen molar-refractivity contribution in [1.29, 1.82) is 0 Å². The van der Waals surface area contributed by atoms with E-state index in [1.54, 1.807) is 0 Å². The first-order valence-corrected chi connectivity index (χ1v) is 7.21. The van der Waals surface area contributed by atoms with Crippen LogP contribution < -0.4 is 0 Å². The van der Waals surface area contributed by atoms with Gasteiger partial charge in [0, 0.05) is 16.5 Å². The fourth-order valence-corrected chi connectivity index (χ4v) is 3.06. The molecule has 1 aromatic carbocycles. The first kappa shape index (κ1) is 15.5. The topological polar surface area (TPSA) is 0 Å². The van der Waals surface area contributed by atoms with Crippen LogP contribution in [0.5, 0.6) is 0 Å². The molecule has 0 nitrogen and oxygen atoms in total. The summed E-state index contributed by atoms with van der Waals surface area (Å²) in [6.45, 7) is 4.12. The Morgan fingerprint density at radius 2 is 1.44 bits per heavy atom. The lowest BCUT2D eigenvalue weighted by Gasteiger charge is -2.22. The monoisotopic (exact) mass is 322 g/mol. The van der Waals surface area contributed by atoms with E-state index in [0.717, 1.165) is 31.7 Å². The van der Waals surface area contributed by atoms with E-state index in [0.29, 0.717) is 6.07 Å². The summed E-state index contributed by atoms with van der Waals surface area (Å²) >= 11 is 3.43. The van der Waals surface area contributed by atoms with Crippen LogP contribution >= 0.6 is 15.9 Å². The van der Waals surface area contributed by atoms with Crippen molar-refractivity contribution < 1.29 is 13.2 Å². The molecule has 0 saturated heterocycles. The molecule has 1 atom stereocenters. The van der Waals surface area contributed by atoms with Gasteiger partial charge in [0.2, 0.25) is 0 Å². The molecule has 0 N–H and O–H groups in total. The third-order valence-electron chi connectivity index (χ3n) is 3.07. The maximum absolute atomic E-state index is 13.7. The van der Waals surface area contributed by atoms with Gasteiger partial charge in [-0.3, -0.25) is 0 Å². The van der Waals surface area contributed by atoms with Crippen LogP contribution in [0.1, 0.15) is 49.9 Å². The van der Waals surface area contributed by atoms with Crippen molar-refractivity contribution in [1.82, 2.24) is 0 Å². The number of hydrogen-bond acceptors (Lipinski definition) is 0. The standard InChI is InChI=1S/C14H18BrF3/c1-3-5-9(6-4-2)14(15)10-7-12(17)13(18)8-11(10)16/h7-9,14H,3-6H2,1-2H3. The molecule has 0 heterocycles. The van der Waals surface area contributed by atoms with Gasteiger partial charge in [0.15, 0.2) is 11.6 Å². The number of alkyl halides is 1. The lowest BCUT2D eigenvalue weighted by atomic mass is 9.90. The molecular weight excluding hydrogens is 305 g/mol. The zero-order valence-corrected chi connectivity index (χ0v) is 12.2. The van der Waals surface area contributed by atoms with Gasteiger partial charge in [0.25, 0.3) is 0 Å². The molecule has 102 valence electrons. The van der Waals surface area contributed by atoms with Crippen molar-refractivity contribution in [3.63, 3.8) is 0 Å². The molecule has 0 aromatic heterocycles. The lowest BCUT2D eigenvalue weighted by Crippen LogP contribution is -2.10. The van der Waals surface area contributed by atoms with E-state index in [1.165, 1.54) is 0 Å². The molecule has 0 fully saturated rings. The molecule has 0 saturated carbocycles. The first-order chi connectivity index (χ1) is 8.51. The van der Waals surface area contributed by atoms with E-state index in [9.17, 15) is 13.2 Å². The Hall–Kier alpha value is -0.510. The summed E-state index contributed by atoms with van der Waals surface area (Å²) in [4.78, 5) is -0.271. The highest BCUT2D eigenvalue weighted by atomic mass is 79.9. The molecular formula is C14H18BrF3. The van der Waals surface area contributed by atoms with Crippen LogP contribution in [-0.4, -0.2) is 0 Å². The van der Waals surface area contributed by atoms with Gasteiger partial charge in [-0.25, -0.2) is 13.2 Å². The Morgan fingerprint density at radius 3 is 1.94 bits per heavy atom. The van der Waals surface area contributed by atoms with Gasteiger partial charge in [0.05, 0.1) is 0 Å². The second-order valence-corrected chi connectivity index (χ2v) is 5.51. The van der Waals surface area contributed by atoms with Gasteiger partial charge < -0.3 is 0 Å².